The molecule has 2 heterocycles. The molecule has 0 unspecified atom stereocenters. The SMILES string of the molecule is O=C1[C@H]2[C@@H](c3ccccc3[N+](=O)[O-])N(c3ccc(Cl)cc3)O[C@H]2C(=O)N1C1CCCCC1. The Morgan fingerprint density at radius 2 is 1.66 bits per heavy atom. The minimum atomic E-state index is -1.01. The normalized spacial score (nSPS) is 26.0. The Hall–Kier alpha value is -2.97. The summed E-state index contributed by atoms with van der Waals surface area (Å²) in [5.41, 5.74) is 0.792. The van der Waals surface area contributed by atoms with Crippen LogP contribution >= 0.6 is 11.6 Å². The van der Waals surface area contributed by atoms with E-state index in [1.807, 2.05) is 0 Å². The zero-order chi connectivity index (χ0) is 22.4. The van der Waals surface area contributed by atoms with E-state index in [9.17, 15) is 19.7 Å². The minimum Gasteiger partial charge on any atom is -0.277 e. The van der Waals surface area contributed by atoms with E-state index in [-0.39, 0.29) is 23.5 Å². The molecule has 8 nitrogen and oxygen atoms in total. The highest BCUT2D eigenvalue weighted by Gasteiger charge is 2.61. The third kappa shape index (κ3) is 3.34. The number of amides is 2. The van der Waals surface area contributed by atoms with E-state index in [4.69, 9.17) is 16.4 Å². The number of hydroxylamine groups is 1. The molecular formula is C23H22ClN3O5. The van der Waals surface area contributed by atoms with Crippen molar-refractivity contribution in [1.82, 2.24) is 4.90 Å². The van der Waals surface area contributed by atoms with Crippen LogP contribution in [0, 0.1) is 16.0 Å². The average molecular weight is 456 g/mol. The van der Waals surface area contributed by atoms with Gasteiger partial charge in [-0.3, -0.25) is 29.4 Å². The lowest BCUT2D eigenvalue weighted by Crippen LogP contribution is -2.44. The Morgan fingerprint density at radius 1 is 0.969 bits per heavy atom. The second kappa shape index (κ2) is 8.18. The maximum atomic E-state index is 13.6. The van der Waals surface area contributed by atoms with Crippen LogP contribution in [0.15, 0.2) is 48.5 Å². The highest BCUT2D eigenvalue weighted by atomic mass is 35.5. The van der Waals surface area contributed by atoms with Crippen LogP contribution in [0.1, 0.15) is 43.7 Å². The maximum absolute atomic E-state index is 13.6. The first-order valence-corrected chi connectivity index (χ1v) is 11.2. The van der Waals surface area contributed by atoms with Gasteiger partial charge in [-0.1, -0.05) is 43.0 Å². The third-order valence-corrected chi connectivity index (χ3v) is 6.87. The predicted octanol–water partition coefficient (Wildman–Crippen LogP) is 4.43. The second-order valence-electron chi connectivity index (χ2n) is 8.45. The van der Waals surface area contributed by atoms with Crippen LogP contribution in [-0.4, -0.2) is 33.8 Å². The molecule has 3 atom stereocenters. The first kappa shape index (κ1) is 20.9. The van der Waals surface area contributed by atoms with Gasteiger partial charge in [-0.25, -0.2) is 5.06 Å². The molecule has 2 aromatic rings. The number of hydrogen-bond acceptors (Lipinski definition) is 6. The second-order valence-corrected chi connectivity index (χ2v) is 8.89. The van der Waals surface area contributed by atoms with Gasteiger partial charge in [0.2, 0.25) is 5.91 Å². The van der Waals surface area contributed by atoms with Crippen LogP contribution < -0.4 is 5.06 Å². The Bertz CT molecular complexity index is 1070. The number of hydrogen-bond donors (Lipinski definition) is 0. The number of nitro groups is 1. The molecule has 5 rings (SSSR count). The molecule has 0 bridgehead atoms. The standard InChI is InChI=1S/C23H22ClN3O5/c24-14-10-12-16(13-11-14)26-20(17-8-4-5-9-18(17)27(30)31)19-21(32-26)23(29)25(22(19)28)15-6-2-1-3-7-15/h4-5,8-13,15,19-21H,1-3,6-7H2/t19-,20+,21+/m0/s1. The van der Waals surface area contributed by atoms with Crippen molar-refractivity contribution in [3.8, 4) is 0 Å². The molecule has 0 aromatic heterocycles. The number of likely N-dealkylation sites (tertiary alicyclic amines) is 1. The van der Waals surface area contributed by atoms with Gasteiger partial charge in [0.15, 0.2) is 6.10 Å². The summed E-state index contributed by atoms with van der Waals surface area (Å²) in [7, 11) is 0. The maximum Gasteiger partial charge on any atom is 0.274 e. The molecule has 1 saturated carbocycles. The van der Waals surface area contributed by atoms with Crippen molar-refractivity contribution in [3.63, 3.8) is 0 Å². The highest BCUT2D eigenvalue weighted by molar-refractivity contribution is 6.30. The van der Waals surface area contributed by atoms with Crippen molar-refractivity contribution in [2.24, 2.45) is 5.92 Å². The lowest BCUT2D eigenvalue weighted by Gasteiger charge is -2.33. The molecule has 2 saturated heterocycles. The number of halogens is 1. The van der Waals surface area contributed by atoms with Crippen molar-refractivity contribution in [2.45, 2.75) is 50.3 Å². The fourth-order valence-electron chi connectivity index (χ4n) is 5.17. The number of fused-ring (bicyclic) bond motifs is 1. The van der Waals surface area contributed by atoms with Crippen LogP contribution in [0.5, 0.6) is 0 Å². The van der Waals surface area contributed by atoms with E-state index < -0.39 is 23.0 Å². The highest BCUT2D eigenvalue weighted by Crippen LogP contribution is 2.49. The molecule has 0 radical (unpaired) electrons. The summed E-state index contributed by atoms with van der Waals surface area (Å²) in [6, 6.07) is 12.1. The lowest BCUT2D eigenvalue weighted by molar-refractivity contribution is -0.385. The summed E-state index contributed by atoms with van der Waals surface area (Å²) in [5, 5.41) is 13.8. The minimum absolute atomic E-state index is 0.114. The van der Waals surface area contributed by atoms with Crippen LogP contribution in [0.2, 0.25) is 5.02 Å². The van der Waals surface area contributed by atoms with E-state index in [0.717, 1.165) is 32.1 Å². The van der Waals surface area contributed by atoms with Crippen molar-refractivity contribution >= 4 is 34.8 Å². The van der Waals surface area contributed by atoms with Gasteiger partial charge in [0.05, 0.1) is 16.2 Å². The summed E-state index contributed by atoms with van der Waals surface area (Å²) >= 11 is 6.02. The van der Waals surface area contributed by atoms with Crippen LogP contribution in [0.25, 0.3) is 0 Å². The fourth-order valence-corrected chi connectivity index (χ4v) is 5.29. The number of imide groups is 1. The zero-order valence-electron chi connectivity index (χ0n) is 17.2. The molecule has 166 valence electrons. The fraction of sp³-hybridized carbons (Fsp3) is 0.391. The van der Waals surface area contributed by atoms with Gasteiger partial charge in [0, 0.05) is 17.1 Å². The largest absolute Gasteiger partial charge is 0.277 e. The molecule has 0 spiro atoms. The van der Waals surface area contributed by atoms with Crippen molar-refractivity contribution in [3.05, 3.63) is 69.2 Å². The first-order chi connectivity index (χ1) is 15.5. The van der Waals surface area contributed by atoms with Crippen molar-refractivity contribution in [2.75, 3.05) is 5.06 Å². The molecule has 0 N–H and O–H groups in total. The smallest absolute Gasteiger partial charge is 0.274 e. The van der Waals surface area contributed by atoms with Crippen LogP contribution in [-0.2, 0) is 14.4 Å². The number of benzene rings is 2. The number of carbonyl (C=O) groups excluding carboxylic acids is 2. The van der Waals surface area contributed by atoms with Crippen molar-refractivity contribution < 1.29 is 19.3 Å². The summed E-state index contributed by atoms with van der Waals surface area (Å²) in [4.78, 5) is 45.7. The number of nitrogens with zero attached hydrogens (tertiary/aromatic N) is 3. The Labute approximate surface area is 189 Å². The number of para-hydroxylation sites is 1. The van der Waals surface area contributed by atoms with E-state index in [1.54, 1.807) is 42.5 Å². The van der Waals surface area contributed by atoms with E-state index in [1.165, 1.54) is 16.0 Å². The first-order valence-electron chi connectivity index (χ1n) is 10.8. The number of nitro benzene ring substituents is 1. The van der Waals surface area contributed by atoms with E-state index in [2.05, 4.69) is 0 Å². The summed E-state index contributed by atoms with van der Waals surface area (Å²) in [6.07, 6.45) is 3.61. The summed E-state index contributed by atoms with van der Waals surface area (Å²) in [6.45, 7) is 0. The van der Waals surface area contributed by atoms with Gasteiger partial charge in [-0.15, -0.1) is 0 Å². The molecule has 2 aromatic carbocycles. The Balaban J connectivity index is 1.59. The molecule has 1 aliphatic carbocycles. The monoisotopic (exact) mass is 455 g/mol. The predicted molar refractivity (Wildman–Crippen MR) is 117 cm³/mol. The van der Waals surface area contributed by atoms with Gasteiger partial charge in [0.25, 0.3) is 11.6 Å². The Kier molecular flexibility index (Phi) is 5.35. The van der Waals surface area contributed by atoms with Crippen LogP contribution in [0.3, 0.4) is 0 Å². The van der Waals surface area contributed by atoms with Gasteiger partial charge in [0.1, 0.15) is 12.0 Å². The summed E-state index contributed by atoms with van der Waals surface area (Å²) in [5.74, 6) is -1.53. The zero-order valence-corrected chi connectivity index (χ0v) is 18.0. The van der Waals surface area contributed by atoms with Crippen molar-refractivity contribution in [1.29, 1.82) is 0 Å². The molecule has 32 heavy (non-hydrogen) atoms. The molecular weight excluding hydrogens is 434 g/mol. The third-order valence-electron chi connectivity index (χ3n) is 6.62. The van der Waals surface area contributed by atoms with E-state index in [0.29, 0.717) is 16.3 Å². The van der Waals surface area contributed by atoms with Gasteiger partial charge in [-0.05, 0) is 43.2 Å². The molecule has 3 aliphatic rings. The molecule has 9 heteroatoms. The number of anilines is 1. The summed E-state index contributed by atoms with van der Waals surface area (Å²) < 4.78 is 0. The van der Waals surface area contributed by atoms with E-state index >= 15 is 0 Å². The quantitative estimate of drug-likeness (QED) is 0.384. The number of rotatable bonds is 4. The topological polar surface area (TPSA) is 93.0 Å². The molecule has 2 aliphatic heterocycles. The van der Waals surface area contributed by atoms with Gasteiger partial charge < -0.3 is 0 Å². The van der Waals surface area contributed by atoms with Crippen LogP contribution in [0.4, 0.5) is 11.4 Å². The average Bonchev–Trinajstić information content (AvgIpc) is 3.31. The lowest BCUT2D eigenvalue weighted by atomic mass is 9.89. The van der Waals surface area contributed by atoms with Gasteiger partial charge >= 0.3 is 0 Å². The number of carbonyl (C=O) groups is 2. The molecule has 2 amide bonds. The molecule has 3 fully saturated rings. The van der Waals surface area contributed by atoms with Gasteiger partial charge in [-0.2, -0.15) is 0 Å². The Morgan fingerprint density at radius 3 is 2.34 bits per heavy atom.